The Morgan fingerprint density at radius 2 is 1.91 bits per heavy atom. The van der Waals surface area contributed by atoms with Crippen LogP contribution in [0, 0.1) is 0 Å². The van der Waals surface area contributed by atoms with Crippen molar-refractivity contribution < 1.29 is 19.1 Å². The number of fused-ring (bicyclic) bond motifs is 1. The first-order valence-corrected chi connectivity index (χ1v) is 12.6. The van der Waals surface area contributed by atoms with Crippen molar-refractivity contribution in [2.45, 2.75) is 37.3 Å². The van der Waals surface area contributed by atoms with Crippen molar-refractivity contribution in [1.29, 1.82) is 0 Å². The van der Waals surface area contributed by atoms with Crippen molar-refractivity contribution in [3.8, 4) is 0 Å². The standard InChI is InChI=1S/C24H30N4O5S/c1-32-23(30)17-6-8-18(9-7-17)25-21(29)16-34-22-19-4-2-5-20(19)28(24(31)26-22)11-3-10-27-12-14-33-15-13-27/h6-9H,2-5,10-16H2,1H3,(H,25,29). The van der Waals surface area contributed by atoms with Crippen LogP contribution in [-0.4, -0.2) is 72.0 Å². The smallest absolute Gasteiger partial charge is 0.348 e. The van der Waals surface area contributed by atoms with Crippen LogP contribution in [0.25, 0.3) is 0 Å². The summed E-state index contributed by atoms with van der Waals surface area (Å²) in [5.41, 5.74) is 2.95. The van der Waals surface area contributed by atoms with Crippen molar-refractivity contribution in [1.82, 2.24) is 14.5 Å². The molecular weight excluding hydrogens is 456 g/mol. The second-order valence-electron chi connectivity index (χ2n) is 8.34. The van der Waals surface area contributed by atoms with Crippen LogP contribution in [0.5, 0.6) is 0 Å². The van der Waals surface area contributed by atoms with Crippen molar-refractivity contribution in [3.05, 3.63) is 51.6 Å². The molecule has 0 radical (unpaired) electrons. The Labute approximate surface area is 202 Å². The lowest BCUT2D eigenvalue weighted by Gasteiger charge is -2.26. The minimum atomic E-state index is -0.427. The summed E-state index contributed by atoms with van der Waals surface area (Å²) in [5, 5.41) is 3.48. The summed E-state index contributed by atoms with van der Waals surface area (Å²) in [6.45, 7) is 5.04. The van der Waals surface area contributed by atoms with Gasteiger partial charge in [-0.25, -0.2) is 9.59 Å². The maximum Gasteiger partial charge on any atom is 0.348 e. The van der Waals surface area contributed by atoms with Gasteiger partial charge >= 0.3 is 11.7 Å². The molecular formula is C24H30N4O5S. The number of nitrogens with one attached hydrogen (secondary N) is 1. The van der Waals surface area contributed by atoms with Crippen LogP contribution in [0.2, 0.25) is 0 Å². The van der Waals surface area contributed by atoms with E-state index in [-0.39, 0.29) is 17.3 Å². The molecule has 34 heavy (non-hydrogen) atoms. The number of esters is 1. The second kappa shape index (κ2) is 11.6. The highest BCUT2D eigenvalue weighted by Gasteiger charge is 2.22. The Balaban J connectivity index is 1.34. The number of carbonyl (C=O) groups is 2. The van der Waals surface area contributed by atoms with Crippen LogP contribution in [0.15, 0.2) is 34.1 Å². The fourth-order valence-electron chi connectivity index (χ4n) is 4.35. The minimum absolute atomic E-state index is 0.151. The first kappa shape index (κ1) is 24.4. The summed E-state index contributed by atoms with van der Waals surface area (Å²) in [6, 6.07) is 6.51. The molecule has 1 aliphatic carbocycles. The Bertz CT molecular complexity index is 1080. The molecule has 1 N–H and O–H groups in total. The average molecular weight is 487 g/mol. The molecule has 1 saturated heterocycles. The van der Waals surface area contributed by atoms with Crippen LogP contribution < -0.4 is 11.0 Å². The van der Waals surface area contributed by atoms with Crippen LogP contribution >= 0.6 is 11.8 Å². The van der Waals surface area contributed by atoms with Gasteiger partial charge in [-0.3, -0.25) is 14.3 Å². The zero-order valence-corrected chi connectivity index (χ0v) is 20.2. The third-order valence-electron chi connectivity index (χ3n) is 6.09. The van der Waals surface area contributed by atoms with E-state index in [1.807, 2.05) is 4.57 Å². The summed E-state index contributed by atoms with van der Waals surface area (Å²) >= 11 is 1.30. The van der Waals surface area contributed by atoms with Crippen LogP contribution in [-0.2, 0) is 33.7 Å². The summed E-state index contributed by atoms with van der Waals surface area (Å²) in [4.78, 5) is 43.5. The molecule has 2 heterocycles. The lowest BCUT2D eigenvalue weighted by molar-refractivity contribution is -0.113. The Morgan fingerprint density at radius 1 is 1.15 bits per heavy atom. The highest BCUT2D eigenvalue weighted by Crippen LogP contribution is 2.29. The van der Waals surface area contributed by atoms with Gasteiger partial charge in [0, 0.05) is 43.1 Å². The van der Waals surface area contributed by atoms with E-state index in [0.717, 1.165) is 69.8 Å². The highest BCUT2D eigenvalue weighted by molar-refractivity contribution is 8.00. The van der Waals surface area contributed by atoms with Crippen molar-refractivity contribution in [2.24, 2.45) is 0 Å². The third-order valence-corrected chi connectivity index (χ3v) is 7.11. The summed E-state index contributed by atoms with van der Waals surface area (Å²) in [5.74, 6) is -0.471. The van der Waals surface area contributed by atoms with Crippen LogP contribution in [0.1, 0.15) is 34.5 Å². The van der Waals surface area contributed by atoms with Crippen molar-refractivity contribution in [2.75, 3.05) is 51.0 Å². The monoisotopic (exact) mass is 486 g/mol. The number of carbonyl (C=O) groups excluding carboxylic acids is 2. The lowest BCUT2D eigenvalue weighted by Crippen LogP contribution is -2.37. The molecule has 1 fully saturated rings. The van der Waals surface area contributed by atoms with E-state index in [1.165, 1.54) is 18.9 Å². The topological polar surface area (TPSA) is 103 Å². The van der Waals surface area contributed by atoms with Crippen LogP contribution in [0.4, 0.5) is 5.69 Å². The maximum atomic E-state index is 12.8. The number of hydrogen-bond acceptors (Lipinski definition) is 8. The molecule has 1 amide bonds. The summed E-state index contributed by atoms with van der Waals surface area (Å²) < 4.78 is 11.9. The molecule has 1 aromatic carbocycles. The fourth-order valence-corrected chi connectivity index (χ4v) is 5.23. The van der Waals surface area contributed by atoms with Gasteiger partial charge in [-0.2, -0.15) is 4.98 Å². The molecule has 0 atom stereocenters. The average Bonchev–Trinajstić information content (AvgIpc) is 3.35. The number of anilines is 1. The summed E-state index contributed by atoms with van der Waals surface area (Å²) in [7, 11) is 1.32. The largest absolute Gasteiger partial charge is 0.465 e. The molecule has 2 aliphatic rings. The molecule has 0 bridgehead atoms. The van der Waals surface area contributed by atoms with Gasteiger partial charge in [0.2, 0.25) is 5.91 Å². The molecule has 10 heteroatoms. The molecule has 182 valence electrons. The zero-order valence-electron chi connectivity index (χ0n) is 19.4. The van der Waals surface area contributed by atoms with E-state index in [4.69, 9.17) is 4.74 Å². The number of aromatic nitrogens is 2. The zero-order chi connectivity index (χ0) is 23.9. The molecule has 1 aliphatic heterocycles. The van der Waals surface area contributed by atoms with Gasteiger partial charge < -0.3 is 14.8 Å². The molecule has 9 nitrogen and oxygen atoms in total. The van der Waals surface area contributed by atoms with Gasteiger partial charge in [-0.1, -0.05) is 11.8 Å². The number of methoxy groups -OCH3 is 1. The van der Waals surface area contributed by atoms with Gasteiger partial charge in [-0.15, -0.1) is 0 Å². The fraction of sp³-hybridized carbons (Fsp3) is 0.500. The number of thioether (sulfide) groups is 1. The Kier molecular flexibility index (Phi) is 8.36. The molecule has 0 saturated carbocycles. The van der Waals surface area contributed by atoms with E-state index in [1.54, 1.807) is 24.3 Å². The van der Waals surface area contributed by atoms with Crippen molar-refractivity contribution in [3.63, 3.8) is 0 Å². The number of morpholine rings is 1. The van der Waals surface area contributed by atoms with Gasteiger partial charge in [0.1, 0.15) is 5.03 Å². The highest BCUT2D eigenvalue weighted by atomic mass is 32.2. The maximum absolute atomic E-state index is 12.8. The second-order valence-corrected chi connectivity index (χ2v) is 9.31. The van der Waals surface area contributed by atoms with E-state index in [0.29, 0.717) is 22.8 Å². The number of benzene rings is 1. The van der Waals surface area contributed by atoms with E-state index < -0.39 is 5.97 Å². The number of nitrogens with zero attached hydrogens (tertiary/aromatic N) is 3. The minimum Gasteiger partial charge on any atom is -0.465 e. The first-order chi connectivity index (χ1) is 16.5. The van der Waals surface area contributed by atoms with E-state index in [2.05, 4.69) is 19.9 Å². The van der Waals surface area contributed by atoms with Crippen molar-refractivity contribution >= 4 is 29.3 Å². The van der Waals surface area contributed by atoms with Gasteiger partial charge in [0.25, 0.3) is 0 Å². The number of rotatable bonds is 9. The number of hydrogen-bond donors (Lipinski definition) is 1. The van der Waals surface area contributed by atoms with Crippen LogP contribution in [0.3, 0.4) is 0 Å². The molecule has 4 rings (SSSR count). The molecule has 0 spiro atoms. The molecule has 1 aromatic heterocycles. The van der Waals surface area contributed by atoms with Gasteiger partial charge in [0.05, 0.1) is 31.6 Å². The SMILES string of the molecule is COC(=O)c1ccc(NC(=O)CSc2nc(=O)n(CCCN3CCOCC3)c3c2CCC3)cc1. The predicted octanol–water partition coefficient (Wildman–Crippen LogP) is 1.97. The lowest BCUT2D eigenvalue weighted by atomic mass is 10.2. The molecule has 0 unspecified atom stereocenters. The number of amides is 1. The van der Waals surface area contributed by atoms with E-state index in [9.17, 15) is 14.4 Å². The Hall–Kier alpha value is -2.69. The van der Waals surface area contributed by atoms with Gasteiger partial charge in [-0.05, 0) is 49.9 Å². The molecule has 2 aromatic rings. The predicted molar refractivity (Wildman–Crippen MR) is 130 cm³/mol. The van der Waals surface area contributed by atoms with Gasteiger partial charge in [0.15, 0.2) is 0 Å². The number of ether oxygens (including phenoxy) is 2. The first-order valence-electron chi connectivity index (χ1n) is 11.6. The van der Waals surface area contributed by atoms with E-state index >= 15 is 0 Å². The normalized spacial score (nSPS) is 15.7. The quantitative estimate of drug-likeness (QED) is 0.326. The summed E-state index contributed by atoms with van der Waals surface area (Å²) in [6.07, 6.45) is 3.65. The third kappa shape index (κ3) is 6.05. The Morgan fingerprint density at radius 3 is 2.65 bits per heavy atom.